The lowest BCUT2D eigenvalue weighted by Gasteiger charge is -2.39. The van der Waals surface area contributed by atoms with E-state index in [-0.39, 0.29) is 29.7 Å². The summed E-state index contributed by atoms with van der Waals surface area (Å²) in [7, 11) is -1.24. The third kappa shape index (κ3) is 6.22. The number of nitrogens with one attached hydrogen (secondary N) is 1. The summed E-state index contributed by atoms with van der Waals surface area (Å²) in [5.41, 5.74) is 0. The Morgan fingerprint density at radius 3 is 2.45 bits per heavy atom. The predicted octanol–water partition coefficient (Wildman–Crippen LogP) is 2.52. The number of rotatable bonds is 5. The monoisotopic (exact) mass is 445 g/mol. The van der Waals surface area contributed by atoms with Gasteiger partial charge in [0.25, 0.3) is 0 Å². The third-order valence-electron chi connectivity index (χ3n) is 4.05. The lowest BCUT2D eigenvalue weighted by atomic mass is 10.1. The summed E-state index contributed by atoms with van der Waals surface area (Å²) < 4.78 is 23.4. The molecule has 0 aromatic rings. The number of unbranched alkanes of at least 4 members (excludes halogenated alkanes) is 1. The highest BCUT2D eigenvalue weighted by molar-refractivity contribution is 14.0. The maximum absolute atomic E-state index is 12.0. The van der Waals surface area contributed by atoms with Gasteiger partial charge in [-0.1, -0.05) is 26.7 Å². The van der Waals surface area contributed by atoms with E-state index in [1.807, 2.05) is 0 Å². The van der Waals surface area contributed by atoms with Crippen LogP contribution in [0.25, 0.3) is 0 Å². The van der Waals surface area contributed by atoms with E-state index in [0.29, 0.717) is 13.1 Å². The molecule has 1 aliphatic heterocycles. The zero-order valence-corrected chi connectivity index (χ0v) is 17.7. The van der Waals surface area contributed by atoms with Gasteiger partial charge in [-0.05, 0) is 26.2 Å². The molecule has 1 rings (SSSR count). The molecule has 1 fully saturated rings. The smallest absolute Gasteiger partial charge is 0.193 e. The van der Waals surface area contributed by atoms with Crippen molar-refractivity contribution in [2.45, 2.75) is 51.7 Å². The van der Waals surface area contributed by atoms with Crippen molar-refractivity contribution in [1.82, 2.24) is 10.2 Å². The first-order chi connectivity index (χ1) is 9.69. The van der Waals surface area contributed by atoms with Gasteiger partial charge in [0, 0.05) is 26.7 Å². The van der Waals surface area contributed by atoms with E-state index in [1.54, 1.807) is 20.9 Å². The molecule has 0 aromatic heterocycles. The molecule has 1 N–H and O–H groups in total. The Hall–Kier alpha value is -0.0500. The summed E-state index contributed by atoms with van der Waals surface area (Å²) in [6, 6.07) is 0. The Labute approximate surface area is 153 Å². The van der Waals surface area contributed by atoms with Gasteiger partial charge in [-0.15, -0.1) is 24.0 Å². The van der Waals surface area contributed by atoms with E-state index < -0.39 is 14.6 Å². The maximum atomic E-state index is 12.0. The number of aliphatic imine (C=N–C) groups is 1. The summed E-state index contributed by atoms with van der Waals surface area (Å²) in [5.74, 6) is 1.77. The fourth-order valence-electron chi connectivity index (χ4n) is 2.53. The molecule has 0 aromatic carbocycles. The molecule has 0 radical (unpaired) electrons. The molecule has 1 saturated heterocycles. The SMILES string of the molecule is CN=C(NCCCCC(C)C)N1CCS(=O)(=O)C(C)(C)C1.I. The van der Waals surface area contributed by atoms with Crippen LogP contribution in [0.5, 0.6) is 0 Å². The van der Waals surface area contributed by atoms with Gasteiger partial charge in [-0.25, -0.2) is 8.42 Å². The van der Waals surface area contributed by atoms with Crippen LogP contribution in [0, 0.1) is 5.92 Å². The second kappa shape index (κ2) is 9.30. The third-order valence-corrected chi connectivity index (χ3v) is 6.58. The molecule has 132 valence electrons. The van der Waals surface area contributed by atoms with Crippen molar-refractivity contribution >= 4 is 39.8 Å². The Morgan fingerprint density at radius 2 is 1.95 bits per heavy atom. The molecule has 1 aliphatic rings. The number of hydrogen-bond acceptors (Lipinski definition) is 3. The molecule has 0 aliphatic carbocycles. The van der Waals surface area contributed by atoms with Crippen molar-refractivity contribution < 1.29 is 8.42 Å². The van der Waals surface area contributed by atoms with Gasteiger partial charge in [0.1, 0.15) is 0 Å². The average molecular weight is 445 g/mol. The van der Waals surface area contributed by atoms with E-state index in [0.717, 1.165) is 24.8 Å². The minimum Gasteiger partial charge on any atom is -0.356 e. The van der Waals surface area contributed by atoms with Gasteiger partial charge in [0.15, 0.2) is 15.8 Å². The molecule has 0 amide bonds. The van der Waals surface area contributed by atoms with Gasteiger partial charge < -0.3 is 10.2 Å². The topological polar surface area (TPSA) is 61.8 Å². The minimum atomic E-state index is -3.00. The van der Waals surface area contributed by atoms with Crippen molar-refractivity contribution in [1.29, 1.82) is 0 Å². The largest absolute Gasteiger partial charge is 0.356 e. The minimum absolute atomic E-state index is 0. The lowest BCUT2D eigenvalue weighted by molar-refractivity contribution is 0.353. The van der Waals surface area contributed by atoms with Crippen LogP contribution in [0.3, 0.4) is 0 Å². The van der Waals surface area contributed by atoms with Crippen molar-refractivity contribution in [3.63, 3.8) is 0 Å². The quantitative estimate of drug-likeness (QED) is 0.306. The molecule has 0 unspecified atom stereocenters. The second-order valence-corrected chi connectivity index (χ2v) is 9.61. The molecule has 5 nitrogen and oxygen atoms in total. The highest BCUT2D eigenvalue weighted by atomic mass is 127. The molecule has 0 atom stereocenters. The zero-order valence-electron chi connectivity index (χ0n) is 14.6. The molecule has 0 saturated carbocycles. The summed E-state index contributed by atoms with van der Waals surface area (Å²) in [6.45, 7) is 9.99. The van der Waals surface area contributed by atoms with E-state index in [1.165, 1.54) is 12.8 Å². The van der Waals surface area contributed by atoms with Crippen molar-refractivity contribution in [2.75, 3.05) is 32.4 Å². The Bertz CT molecular complexity index is 461. The van der Waals surface area contributed by atoms with E-state index >= 15 is 0 Å². The van der Waals surface area contributed by atoms with Gasteiger partial charge in [0.2, 0.25) is 0 Å². The number of guanidine groups is 1. The van der Waals surface area contributed by atoms with Crippen molar-refractivity contribution in [3.8, 4) is 0 Å². The van der Waals surface area contributed by atoms with Crippen LogP contribution in [0.4, 0.5) is 0 Å². The fourth-order valence-corrected chi connectivity index (χ4v) is 3.90. The summed E-state index contributed by atoms with van der Waals surface area (Å²) >= 11 is 0. The number of hydrogen-bond donors (Lipinski definition) is 1. The highest BCUT2D eigenvalue weighted by Gasteiger charge is 2.40. The van der Waals surface area contributed by atoms with Gasteiger partial charge in [-0.2, -0.15) is 0 Å². The molecule has 22 heavy (non-hydrogen) atoms. The lowest BCUT2D eigenvalue weighted by Crippen LogP contribution is -2.57. The molecular weight excluding hydrogens is 413 g/mol. The van der Waals surface area contributed by atoms with Gasteiger partial charge in [0.05, 0.1) is 10.5 Å². The highest BCUT2D eigenvalue weighted by Crippen LogP contribution is 2.23. The first-order valence-corrected chi connectivity index (χ1v) is 9.53. The second-order valence-electron chi connectivity index (χ2n) is 6.86. The molecular formula is C15H32IN3O2S. The van der Waals surface area contributed by atoms with Gasteiger partial charge >= 0.3 is 0 Å². The Morgan fingerprint density at radius 1 is 1.32 bits per heavy atom. The number of halogens is 1. The van der Waals surface area contributed by atoms with E-state index in [2.05, 4.69) is 29.1 Å². The molecule has 7 heteroatoms. The van der Waals surface area contributed by atoms with Crippen LogP contribution in [-0.4, -0.2) is 56.5 Å². The van der Waals surface area contributed by atoms with Crippen LogP contribution >= 0.6 is 24.0 Å². The summed E-state index contributed by atoms with van der Waals surface area (Å²) in [6.07, 6.45) is 3.57. The Kier molecular flexibility index (Phi) is 9.27. The first kappa shape index (κ1) is 21.9. The standard InChI is InChI=1S/C15H31N3O2S.HI/c1-13(2)8-6-7-9-17-14(16-5)18-10-11-21(19,20)15(3,4)12-18;/h13H,6-12H2,1-5H3,(H,16,17);1H. The van der Waals surface area contributed by atoms with Gasteiger partial charge in [-0.3, -0.25) is 4.99 Å². The molecule has 0 spiro atoms. The summed E-state index contributed by atoms with van der Waals surface area (Å²) in [5, 5.41) is 3.36. The van der Waals surface area contributed by atoms with Crippen LogP contribution in [-0.2, 0) is 9.84 Å². The predicted molar refractivity (Wildman–Crippen MR) is 105 cm³/mol. The van der Waals surface area contributed by atoms with Crippen LogP contribution in [0.2, 0.25) is 0 Å². The molecule has 0 bridgehead atoms. The summed E-state index contributed by atoms with van der Waals surface area (Å²) in [4.78, 5) is 6.35. The molecule has 1 heterocycles. The average Bonchev–Trinajstić information content (AvgIpc) is 2.37. The van der Waals surface area contributed by atoms with E-state index in [9.17, 15) is 8.42 Å². The van der Waals surface area contributed by atoms with E-state index in [4.69, 9.17) is 0 Å². The maximum Gasteiger partial charge on any atom is 0.193 e. The van der Waals surface area contributed by atoms with Crippen LogP contribution in [0.15, 0.2) is 4.99 Å². The Balaban J connectivity index is 0.00000441. The number of nitrogens with zero attached hydrogens (tertiary/aromatic N) is 2. The van der Waals surface area contributed by atoms with Crippen molar-refractivity contribution in [3.05, 3.63) is 0 Å². The first-order valence-electron chi connectivity index (χ1n) is 7.87. The normalized spacial score (nSPS) is 20.6. The van der Waals surface area contributed by atoms with Crippen molar-refractivity contribution in [2.24, 2.45) is 10.9 Å². The van der Waals surface area contributed by atoms with Crippen LogP contribution in [0.1, 0.15) is 47.0 Å². The van der Waals surface area contributed by atoms with Crippen LogP contribution < -0.4 is 5.32 Å². The fraction of sp³-hybridized carbons (Fsp3) is 0.933. The number of sulfone groups is 1. The zero-order chi connectivity index (χ0) is 16.1.